The second kappa shape index (κ2) is 5.67. The van der Waals surface area contributed by atoms with Gasteiger partial charge >= 0.3 is 0 Å². The maximum Gasteiger partial charge on any atom is 0.156 e. The summed E-state index contributed by atoms with van der Waals surface area (Å²) in [4.78, 5) is 3.81. The number of thioether (sulfide) groups is 1. The van der Waals surface area contributed by atoms with E-state index in [4.69, 9.17) is 10.5 Å². The maximum atomic E-state index is 9.71. The minimum absolute atomic E-state index is 0.302. The fraction of sp³-hybridized carbons (Fsp3) is 0.700. The third kappa shape index (κ3) is 3.21. The van der Waals surface area contributed by atoms with Gasteiger partial charge in [0.15, 0.2) is 5.17 Å². The molecular weight excluding hydrogens is 228 g/mol. The molecule has 0 radical (unpaired) electrons. The van der Waals surface area contributed by atoms with Crippen molar-refractivity contribution in [2.24, 2.45) is 10.7 Å². The molecule has 4 N–H and O–H groups in total. The number of ether oxygens (including phenoxy) is 1. The van der Waals surface area contributed by atoms with E-state index < -0.39 is 18.3 Å². The highest BCUT2D eigenvalue weighted by Crippen LogP contribution is 2.30. The van der Waals surface area contributed by atoms with Crippen molar-refractivity contribution in [2.45, 2.75) is 37.1 Å². The first-order valence-electron chi connectivity index (χ1n) is 5.01. The summed E-state index contributed by atoms with van der Waals surface area (Å²) in [6.45, 7) is 5.49. The van der Waals surface area contributed by atoms with E-state index in [0.717, 1.165) is 0 Å². The highest BCUT2D eigenvalue weighted by molar-refractivity contribution is 8.14. The van der Waals surface area contributed by atoms with Crippen LogP contribution in [0.5, 0.6) is 0 Å². The molecule has 4 atom stereocenters. The normalized spacial score (nSPS) is 36.1. The van der Waals surface area contributed by atoms with Crippen molar-refractivity contribution in [2.75, 3.05) is 7.05 Å². The molecule has 0 spiro atoms. The summed E-state index contributed by atoms with van der Waals surface area (Å²) in [5, 5.41) is 19.8. The smallest absolute Gasteiger partial charge is 0.156 e. The van der Waals surface area contributed by atoms with Crippen LogP contribution in [0.15, 0.2) is 17.1 Å². The van der Waals surface area contributed by atoms with Gasteiger partial charge in [-0.2, -0.15) is 0 Å². The fourth-order valence-corrected chi connectivity index (χ4v) is 2.35. The van der Waals surface area contributed by atoms with Crippen LogP contribution in [-0.2, 0) is 4.74 Å². The highest BCUT2D eigenvalue weighted by atomic mass is 32.2. The highest BCUT2D eigenvalue weighted by Gasteiger charge is 2.37. The molecule has 1 rings (SSSR count). The van der Waals surface area contributed by atoms with Crippen LogP contribution in [0.25, 0.3) is 0 Å². The minimum Gasteiger partial charge on any atom is -0.390 e. The lowest BCUT2D eigenvalue weighted by molar-refractivity contribution is -0.130. The fourth-order valence-electron chi connectivity index (χ4n) is 1.51. The van der Waals surface area contributed by atoms with E-state index in [1.165, 1.54) is 11.8 Å². The van der Waals surface area contributed by atoms with Crippen molar-refractivity contribution >= 4 is 16.9 Å². The summed E-state index contributed by atoms with van der Waals surface area (Å²) in [5.41, 5.74) is 5.95. The van der Waals surface area contributed by atoms with E-state index in [0.29, 0.717) is 17.2 Å². The molecule has 0 saturated carbocycles. The molecule has 16 heavy (non-hydrogen) atoms. The predicted octanol–water partition coefficient (Wildman–Crippen LogP) is 0.0770. The Labute approximate surface area is 99.4 Å². The van der Waals surface area contributed by atoms with E-state index >= 15 is 0 Å². The van der Waals surface area contributed by atoms with Crippen LogP contribution < -0.4 is 5.73 Å². The Bertz CT molecular complexity index is 296. The number of aliphatic hydroxyl groups excluding tert-OH is 2. The van der Waals surface area contributed by atoms with Crippen LogP contribution in [0.1, 0.15) is 13.3 Å². The molecule has 0 aromatic carbocycles. The van der Waals surface area contributed by atoms with Gasteiger partial charge in [0.2, 0.25) is 0 Å². The molecule has 1 aliphatic heterocycles. The number of aliphatic imine (C=N–C) groups is 1. The molecule has 0 amide bonds. The van der Waals surface area contributed by atoms with Gasteiger partial charge in [-0.3, -0.25) is 4.99 Å². The number of hydrogen-bond acceptors (Lipinski definition) is 5. The first-order chi connectivity index (χ1) is 7.45. The van der Waals surface area contributed by atoms with Gasteiger partial charge < -0.3 is 20.7 Å². The number of rotatable bonds is 2. The standard InChI is InChI=1S/C10H18N2O3S/c1-5(2)9-8(14)6(13)4-7(15-9)16-10(11)12-3/h6-9,13-14H,1,4H2,2-3H3,(H2,11,12)/t6-,7-,8+,9-/m1/s1. The van der Waals surface area contributed by atoms with Crippen molar-refractivity contribution in [1.82, 2.24) is 0 Å². The zero-order valence-corrected chi connectivity index (χ0v) is 10.3. The number of nitrogens with two attached hydrogens (primary N) is 1. The summed E-state index contributed by atoms with van der Waals surface area (Å²) in [7, 11) is 1.59. The molecule has 5 nitrogen and oxygen atoms in total. The molecule has 1 heterocycles. The molecule has 6 heteroatoms. The topological polar surface area (TPSA) is 88.1 Å². The van der Waals surface area contributed by atoms with E-state index in [1.54, 1.807) is 14.0 Å². The Morgan fingerprint density at radius 3 is 2.69 bits per heavy atom. The quantitative estimate of drug-likeness (QED) is 0.365. The van der Waals surface area contributed by atoms with Gasteiger partial charge in [-0.15, -0.1) is 0 Å². The van der Waals surface area contributed by atoms with Crippen molar-refractivity contribution in [3.8, 4) is 0 Å². The van der Waals surface area contributed by atoms with Crippen molar-refractivity contribution in [3.05, 3.63) is 12.2 Å². The first kappa shape index (κ1) is 13.5. The number of aliphatic hydroxyl groups is 2. The van der Waals surface area contributed by atoms with Gasteiger partial charge in [0.05, 0.1) is 6.10 Å². The Morgan fingerprint density at radius 1 is 1.56 bits per heavy atom. The average molecular weight is 246 g/mol. The molecule has 0 bridgehead atoms. The first-order valence-corrected chi connectivity index (χ1v) is 5.89. The van der Waals surface area contributed by atoms with Crippen LogP contribution >= 0.6 is 11.8 Å². The van der Waals surface area contributed by atoms with Crippen LogP contribution in [-0.4, -0.2) is 46.2 Å². The van der Waals surface area contributed by atoms with Crippen molar-refractivity contribution in [1.29, 1.82) is 0 Å². The van der Waals surface area contributed by atoms with Crippen LogP contribution in [0, 0.1) is 0 Å². The zero-order valence-electron chi connectivity index (χ0n) is 9.46. The SMILES string of the molecule is C=C(C)[C@H]1O[C@H](SC(N)=NC)C[C@@H](O)[C@@H]1O. The van der Waals surface area contributed by atoms with E-state index in [1.807, 2.05) is 0 Å². The summed E-state index contributed by atoms with van der Waals surface area (Å²) >= 11 is 1.24. The molecule has 0 aromatic heterocycles. The lowest BCUT2D eigenvalue weighted by Gasteiger charge is -2.37. The second-order valence-corrected chi connectivity index (χ2v) is 4.99. The summed E-state index contributed by atoms with van der Waals surface area (Å²) in [6.07, 6.45) is -1.97. The molecule has 0 unspecified atom stereocenters. The van der Waals surface area contributed by atoms with Crippen molar-refractivity contribution < 1.29 is 14.9 Å². The van der Waals surface area contributed by atoms with E-state index in [9.17, 15) is 10.2 Å². The summed E-state index contributed by atoms with van der Waals surface area (Å²) in [5.74, 6) is 0. The zero-order chi connectivity index (χ0) is 12.3. The molecule has 0 aliphatic carbocycles. The maximum absolute atomic E-state index is 9.71. The summed E-state index contributed by atoms with van der Waals surface area (Å²) < 4.78 is 5.60. The largest absolute Gasteiger partial charge is 0.390 e. The third-order valence-electron chi connectivity index (χ3n) is 2.40. The molecular formula is C10H18N2O3S. The van der Waals surface area contributed by atoms with Gasteiger partial charge in [0.25, 0.3) is 0 Å². The third-order valence-corrected chi connectivity index (χ3v) is 3.39. The monoisotopic (exact) mass is 246 g/mol. The lowest BCUT2D eigenvalue weighted by Crippen LogP contribution is -2.48. The molecule has 1 fully saturated rings. The van der Waals surface area contributed by atoms with Gasteiger partial charge in [0, 0.05) is 13.5 Å². The Kier molecular flexibility index (Phi) is 4.79. The van der Waals surface area contributed by atoms with Gasteiger partial charge in [-0.25, -0.2) is 0 Å². The number of amidine groups is 1. The molecule has 0 aromatic rings. The van der Waals surface area contributed by atoms with Crippen LogP contribution in [0.3, 0.4) is 0 Å². The van der Waals surface area contributed by atoms with Gasteiger partial charge in [-0.1, -0.05) is 18.3 Å². The lowest BCUT2D eigenvalue weighted by atomic mass is 9.98. The summed E-state index contributed by atoms with van der Waals surface area (Å²) in [6, 6.07) is 0. The van der Waals surface area contributed by atoms with E-state index in [-0.39, 0.29) is 5.44 Å². The van der Waals surface area contributed by atoms with Gasteiger partial charge in [-0.05, 0) is 12.5 Å². The van der Waals surface area contributed by atoms with E-state index in [2.05, 4.69) is 11.6 Å². The molecule has 1 saturated heterocycles. The van der Waals surface area contributed by atoms with Gasteiger partial charge in [0.1, 0.15) is 17.6 Å². The minimum atomic E-state index is -0.922. The Balaban J connectivity index is 2.67. The molecule has 1 aliphatic rings. The number of hydrogen-bond donors (Lipinski definition) is 3. The van der Waals surface area contributed by atoms with Crippen LogP contribution in [0.2, 0.25) is 0 Å². The predicted molar refractivity (Wildman–Crippen MR) is 65.2 cm³/mol. The number of nitrogens with zero attached hydrogens (tertiary/aromatic N) is 1. The van der Waals surface area contributed by atoms with Crippen LogP contribution in [0.4, 0.5) is 0 Å². The Morgan fingerprint density at radius 2 is 2.19 bits per heavy atom. The Hall–Kier alpha value is -0.560. The second-order valence-electron chi connectivity index (χ2n) is 3.81. The average Bonchev–Trinajstić information content (AvgIpc) is 2.22. The van der Waals surface area contributed by atoms with Crippen molar-refractivity contribution in [3.63, 3.8) is 0 Å². The molecule has 92 valence electrons.